The zero-order chi connectivity index (χ0) is 20.8. The minimum atomic E-state index is -0.328. The Morgan fingerprint density at radius 3 is 2.69 bits per heavy atom. The number of nitrogens with one attached hydrogen (secondary N) is 1. The molecule has 1 saturated heterocycles. The Balaban J connectivity index is 1.54. The Hall–Kier alpha value is -2.67. The molecular formula is C22H26N2O4S. The quantitative estimate of drug-likeness (QED) is 0.672. The maximum atomic E-state index is 12.6. The first-order valence-corrected chi connectivity index (χ1v) is 10.7. The molecule has 0 spiro atoms. The zero-order valence-electron chi connectivity index (χ0n) is 16.9. The number of nitrogens with zero attached hydrogens (tertiary/aromatic N) is 1. The highest BCUT2D eigenvalue weighted by Crippen LogP contribution is 2.29. The van der Waals surface area contributed by atoms with Crippen molar-refractivity contribution < 1.29 is 19.1 Å². The molecule has 1 aliphatic rings. The third kappa shape index (κ3) is 5.03. The van der Waals surface area contributed by atoms with Gasteiger partial charge in [-0.05, 0) is 48.6 Å². The van der Waals surface area contributed by atoms with E-state index in [1.807, 2.05) is 48.7 Å². The predicted octanol–water partition coefficient (Wildman–Crippen LogP) is 3.14. The van der Waals surface area contributed by atoms with E-state index in [0.717, 1.165) is 16.1 Å². The van der Waals surface area contributed by atoms with Crippen LogP contribution in [0.25, 0.3) is 0 Å². The van der Waals surface area contributed by atoms with E-state index >= 15 is 0 Å². The fourth-order valence-electron chi connectivity index (χ4n) is 3.42. The lowest BCUT2D eigenvalue weighted by Gasteiger charge is -2.17. The Labute approximate surface area is 175 Å². The number of methoxy groups -OCH3 is 2. The summed E-state index contributed by atoms with van der Waals surface area (Å²) in [7, 11) is 3.20. The first kappa shape index (κ1) is 21.0. The van der Waals surface area contributed by atoms with Crippen molar-refractivity contribution in [2.45, 2.75) is 17.7 Å². The highest BCUT2D eigenvalue weighted by atomic mass is 32.2. The molecule has 29 heavy (non-hydrogen) atoms. The fraction of sp³-hybridized carbons (Fsp3) is 0.364. The molecule has 0 saturated carbocycles. The van der Waals surface area contributed by atoms with Gasteiger partial charge in [0.1, 0.15) is 0 Å². The van der Waals surface area contributed by atoms with E-state index in [1.165, 1.54) is 0 Å². The summed E-state index contributed by atoms with van der Waals surface area (Å²) in [6.07, 6.45) is 2.91. The van der Waals surface area contributed by atoms with E-state index < -0.39 is 0 Å². The number of anilines is 1. The van der Waals surface area contributed by atoms with Crippen LogP contribution in [0.4, 0.5) is 5.69 Å². The molecule has 1 N–H and O–H groups in total. The number of hydrogen-bond acceptors (Lipinski definition) is 5. The zero-order valence-corrected chi connectivity index (χ0v) is 17.8. The molecule has 1 fully saturated rings. The average molecular weight is 415 g/mol. The van der Waals surface area contributed by atoms with Gasteiger partial charge in [0.05, 0.1) is 20.1 Å². The summed E-state index contributed by atoms with van der Waals surface area (Å²) in [4.78, 5) is 27.8. The number of benzene rings is 2. The standard InChI is InChI=1S/C22H26N2O4S/c1-27-19-8-7-15(11-20(19)28-2)9-10-23-22(26)16-12-21(25)24(14-16)17-5-4-6-18(13-17)29-3/h4-8,11,13,16H,9-10,12,14H2,1-3H3,(H,23,26). The monoisotopic (exact) mass is 414 g/mol. The fourth-order valence-corrected chi connectivity index (χ4v) is 3.87. The van der Waals surface area contributed by atoms with Crippen LogP contribution in [0.3, 0.4) is 0 Å². The van der Waals surface area contributed by atoms with Gasteiger partial charge in [-0.25, -0.2) is 0 Å². The van der Waals surface area contributed by atoms with E-state index in [4.69, 9.17) is 9.47 Å². The molecule has 6 nitrogen and oxygen atoms in total. The number of rotatable bonds is 8. The summed E-state index contributed by atoms with van der Waals surface area (Å²) in [5, 5.41) is 2.96. The largest absolute Gasteiger partial charge is 0.493 e. The molecular weight excluding hydrogens is 388 g/mol. The maximum absolute atomic E-state index is 12.6. The number of carbonyl (C=O) groups is 2. The molecule has 3 rings (SSSR count). The van der Waals surface area contributed by atoms with Crippen LogP contribution in [-0.4, -0.2) is 45.4 Å². The molecule has 2 amide bonds. The molecule has 7 heteroatoms. The van der Waals surface area contributed by atoms with Crippen LogP contribution in [0.1, 0.15) is 12.0 Å². The van der Waals surface area contributed by atoms with Gasteiger partial charge in [0.15, 0.2) is 11.5 Å². The van der Waals surface area contributed by atoms with Crippen molar-refractivity contribution in [1.82, 2.24) is 5.32 Å². The summed E-state index contributed by atoms with van der Waals surface area (Å²) in [6.45, 7) is 0.916. The van der Waals surface area contributed by atoms with Crippen LogP contribution in [-0.2, 0) is 16.0 Å². The molecule has 1 unspecified atom stereocenters. The van der Waals surface area contributed by atoms with Gasteiger partial charge in [-0.3, -0.25) is 9.59 Å². The number of carbonyl (C=O) groups excluding carboxylic acids is 2. The van der Waals surface area contributed by atoms with Crippen molar-refractivity contribution >= 4 is 29.3 Å². The van der Waals surface area contributed by atoms with Crippen LogP contribution >= 0.6 is 11.8 Å². The van der Waals surface area contributed by atoms with Gasteiger partial charge in [-0.2, -0.15) is 0 Å². The van der Waals surface area contributed by atoms with Gasteiger partial charge in [-0.1, -0.05) is 12.1 Å². The van der Waals surface area contributed by atoms with Crippen molar-refractivity contribution in [1.29, 1.82) is 0 Å². The minimum absolute atomic E-state index is 0.0108. The summed E-state index contributed by atoms with van der Waals surface area (Å²) < 4.78 is 10.6. The normalized spacial score (nSPS) is 16.0. The minimum Gasteiger partial charge on any atom is -0.493 e. The molecule has 0 aromatic heterocycles. The molecule has 1 atom stereocenters. The van der Waals surface area contributed by atoms with Gasteiger partial charge in [0.25, 0.3) is 0 Å². The van der Waals surface area contributed by atoms with Crippen molar-refractivity contribution in [3.8, 4) is 11.5 Å². The van der Waals surface area contributed by atoms with Crippen LogP contribution in [0.5, 0.6) is 11.5 Å². The molecule has 0 bridgehead atoms. The Morgan fingerprint density at radius 2 is 1.97 bits per heavy atom. The molecule has 2 aromatic carbocycles. The van der Waals surface area contributed by atoms with Crippen molar-refractivity contribution in [3.05, 3.63) is 48.0 Å². The predicted molar refractivity (Wildman–Crippen MR) is 115 cm³/mol. The number of ether oxygens (including phenoxy) is 2. The second-order valence-electron chi connectivity index (χ2n) is 6.84. The second kappa shape index (κ2) is 9.69. The SMILES string of the molecule is COc1ccc(CCNC(=O)C2CC(=O)N(c3cccc(SC)c3)C2)cc1OC. The van der Waals surface area contributed by atoms with E-state index in [9.17, 15) is 9.59 Å². The number of hydrogen-bond donors (Lipinski definition) is 1. The molecule has 0 aliphatic carbocycles. The first-order chi connectivity index (χ1) is 14.0. The van der Waals surface area contributed by atoms with Gasteiger partial charge in [0.2, 0.25) is 11.8 Å². The smallest absolute Gasteiger partial charge is 0.227 e. The summed E-state index contributed by atoms with van der Waals surface area (Å²) >= 11 is 1.63. The molecule has 1 aliphatic heterocycles. The summed E-state index contributed by atoms with van der Waals surface area (Å²) in [5.74, 6) is 0.924. The van der Waals surface area contributed by atoms with Gasteiger partial charge in [0, 0.05) is 30.1 Å². The maximum Gasteiger partial charge on any atom is 0.227 e. The third-order valence-corrected chi connectivity index (χ3v) is 5.75. The molecule has 0 radical (unpaired) electrons. The Morgan fingerprint density at radius 1 is 1.17 bits per heavy atom. The molecule has 2 aromatic rings. The van der Waals surface area contributed by atoms with E-state index in [2.05, 4.69) is 5.32 Å². The lowest BCUT2D eigenvalue weighted by molar-refractivity contribution is -0.126. The van der Waals surface area contributed by atoms with E-state index in [1.54, 1.807) is 30.9 Å². The Kier molecular flexibility index (Phi) is 7.04. The summed E-state index contributed by atoms with van der Waals surface area (Å²) in [5.41, 5.74) is 1.89. The van der Waals surface area contributed by atoms with Crippen LogP contribution in [0.2, 0.25) is 0 Å². The van der Waals surface area contributed by atoms with Gasteiger partial charge >= 0.3 is 0 Å². The van der Waals surface area contributed by atoms with Crippen molar-refractivity contribution in [2.75, 3.05) is 38.5 Å². The third-order valence-electron chi connectivity index (χ3n) is 5.02. The highest BCUT2D eigenvalue weighted by Gasteiger charge is 2.35. The van der Waals surface area contributed by atoms with Crippen molar-refractivity contribution in [2.24, 2.45) is 5.92 Å². The lowest BCUT2D eigenvalue weighted by atomic mass is 10.1. The van der Waals surface area contributed by atoms with E-state index in [0.29, 0.717) is 31.0 Å². The van der Waals surface area contributed by atoms with E-state index in [-0.39, 0.29) is 24.2 Å². The number of amides is 2. The second-order valence-corrected chi connectivity index (χ2v) is 7.72. The molecule has 1 heterocycles. The first-order valence-electron chi connectivity index (χ1n) is 9.48. The van der Waals surface area contributed by atoms with Crippen molar-refractivity contribution in [3.63, 3.8) is 0 Å². The topological polar surface area (TPSA) is 67.9 Å². The van der Waals surface area contributed by atoms with Crippen LogP contribution in [0, 0.1) is 5.92 Å². The highest BCUT2D eigenvalue weighted by molar-refractivity contribution is 7.98. The summed E-state index contributed by atoms with van der Waals surface area (Å²) in [6, 6.07) is 13.6. The van der Waals surface area contributed by atoms with Crippen LogP contribution < -0.4 is 19.7 Å². The lowest BCUT2D eigenvalue weighted by Crippen LogP contribution is -2.34. The van der Waals surface area contributed by atoms with Gasteiger partial charge < -0.3 is 19.7 Å². The van der Waals surface area contributed by atoms with Crippen LogP contribution in [0.15, 0.2) is 47.4 Å². The average Bonchev–Trinajstić information content (AvgIpc) is 3.15. The molecule has 154 valence electrons. The Bertz CT molecular complexity index is 887. The van der Waals surface area contributed by atoms with Gasteiger partial charge in [-0.15, -0.1) is 11.8 Å². The number of thioether (sulfide) groups is 1.